The van der Waals surface area contributed by atoms with Gasteiger partial charge in [-0.05, 0) is 36.4 Å². The van der Waals surface area contributed by atoms with Crippen molar-refractivity contribution in [3.63, 3.8) is 0 Å². The van der Waals surface area contributed by atoms with Crippen molar-refractivity contribution in [1.82, 2.24) is 14.7 Å². The van der Waals surface area contributed by atoms with Crippen molar-refractivity contribution in [3.8, 4) is 11.4 Å². The maximum Gasteiger partial charge on any atom is 0.279 e. The lowest BCUT2D eigenvalue weighted by Crippen LogP contribution is -2.49. The van der Waals surface area contributed by atoms with Gasteiger partial charge in [0.25, 0.3) is 11.5 Å². The van der Waals surface area contributed by atoms with E-state index in [0.29, 0.717) is 53.4 Å². The fourth-order valence-electron chi connectivity index (χ4n) is 4.26. The van der Waals surface area contributed by atoms with E-state index in [1.807, 2.05) is 30.3 Å². The van der Waals surface area contributed by atoms with Gasteiger partial charge in [-0.3, -0.25) is 9.59 Å². The highest BCUT2D eigenvalue weighted by atomic mass is 35.5. The lowest BCUT2D eigenvalue weighted by molar-refractivity contribution is 0.0741. The van der Waals surface area contributed by atoms with E-state index in [9.17, 15) is 9.59 Å². The van der Waals surface area contributed by atoms with Crippen molar-refractivity contribution in [3.05, 3.63) is 93.9 Å². The summed E-state index contributed by atoms with van der Waals surface area (Å²) in [5.74, 6) is 0.406. The topological polar surface area (TPSA) is 67.7 Å². The van der Waals surface area contributed by atoms with Crippen LogP contribution in [-0.4, -0.2) is 53.9 Å². The standard InChI is InChI=1S/C26H23ClN4O3/c1-34-21-9-5-8-20(17-21)31-25(32)23-11-3-2-10-22(23)24(28-31)26(33)30-14-12-29(13-15-30)19-7-4-6-18(27)16-19/h2-11,16-17H,12-15H2,1H3. The van der Waals surface area contributed by atoms with Crippen LogP contribution in [0.4, 0.5) is 5.69 Å². The average Bonchev–Trinajstić information content (AvgIpc) is 2.89. The molecule has 1 aliphatic rings. The molecule has 1 amide bonds. The van der Waals surface area contributed by atoms with E-state index >= 15 is 0 Å². The van der Waals surface area contributed by atoms with Crippen molar-refractivity contribution in [2.75, 3.05) is 38.2 Å². The Bertz CT molecular complexity index is 1430. The zero-order valence-corrected chi connectivity index (χ0v) is 19.4. The molecule has 5 rings (SSSR count). The Balaban J connectivity index is 1.49. The van der Waals surface area contributed by atoms with Crippen molar-refractivity contribution in [2.24, 2.45) is 0 Å². The molecule has 1 fully saturated rings. The fourth-order valence-corrected chi connectivity index (χ4v) is 4.44. The molecule has 7 nitrogen and oxygen atoms in total. The molecule has 2 heterocycles. The van der Waals surface area contributed by atoms with Gasteiger partial charge in [0.2, 0.25) is 0 Å². The molecule has 3 aromatic carbocycles. The molecule has 0 saturated carbocycles. The quantitative estimate of drug-likeness (QED) is 0.447. The lowest BCUT2D eigenvalue weighted by Gasteiger charge is -2.36. The molecule has 0 spiro atoms. The number of methoxy groups -OCH3 is 1. The normalized spacial score (nSPS) is 13.8. The van der Waals surface area contributed by atoms with Gasteiger partial charge in [-0.15, -0.1) is 0 Å². The van der Waals surface area contributed by atoms with Gasteiger partial charge < -0.3 is 14.5 Å². The number of amides is 1. The number of piperazine rings is 1. The molecule has 0 N–H and O–H groups in total. The number of ether oxygens (including phenoxy) is 1. The summed E-state index contributed by atoms with van der Waals surface area (Å²) in [4.78, 5) is 30.8. The summed E-state index contributed by atoms with van der Waals surface area (Å²) >= 11 is 6.14. The van der Waals surface area contributed by atoms with Gasteiger partial charge in [0, 0.05) is 48.3 Å². The van der Waals surface area contributed by atoms with Crippen molar-refractivity contribution in [1.29, 1.82) is 0 Å². The summed E-state index contributed by atoms with van der Waals surface area (Å²) in [6.45, 7) is 2.44. The lowest BCUT2D eigenvalue weighted by atomic mass is 10.1. The second kappa shape index (κ2) is 9.19. The minimum absolute atomic E-state index is 0.196. The summed E-state index contributed by atoms with van der Waals surface area (Å²) in [6.07, 6.45) is 0. The maximum atomic E-state index is 13.6. The van der Waals surface area contributed by atoms with Crippen LogP contribution in [0.2, 0.25) is 5.02 Å². The zero-order chi connectivity index (χ0) is 23.7. The summed E-state index contributed by atoms with van der Waals surface area (Å²) in [7, 11) is 1.56. The maximum absolute atomic E-state index is 13.6. The third-order valence-electron chi connectivity index (χ3n) is 6.05. The summed E-state index contributed by atoms with van der Waals surface area (Å²) < 4.78 is 6.58. The van der Waals surface area contributed by atoms with Gasteiger partial charge in [0.15, 0.2) is 5.69 Å². The van der Waals surface area contributed by atoms with Crippen LogP contribution < -0.4 is 15.2 Å². The van der Waals surface area contributed by atoms with Crippen molar-refractivity contribution >= 4 is 34.0 Å². The van der Waals surface area contributed by atoms with Gasteiger partial charge in [-0.1, -0.05) is 41.9 Å². The van der Waals surface area contributed by atoms with Crippen molar-refractivity contribution in [2.45, 2.75) is 0 Å². The van der Waals surface area contributed by atoms with E-state index in [2.05, 4.69) is 10.00 Å². The zero-order valence-electron chi connectivity index (χ0n) is 18.6. The van der Waals surface area contributed by atoms with E-state index < -0.39 is 0 Å². The predicted octanol–water partition coefficient (Wildman–Crippen LogP) is 4.01. The number of rotatable bonds is 4. The molecule has 1 aromatic heterocycles. The SMILES string of the molecule is COc1cccc(-n2nc(C(=O)N3CCN(c4cccc(Cl)c4)CC3)c3ccccc3c2=O)c1. The molecule has 4 aromatic rings. The molecule has 172 valence electrons. The van der Waals surface area contributed by atoms with Gasteiger partial charge in [0.1, 0.15) is 5.75 Å². The van der Waals surface area contributed by atoms with Crippen LogP contribution in [-0.2, 0) is 0 Å². The number of aromatic nitrogens is 2. The molecule has 0 bridgehead atoms. The Hall–Kier alpha value is -3.84. The molecule has 0 radical (unpaired) electrons. The Kier molecular flexibility index (Phi) is 5.94. The Morgan fingerprint density at radius 2 is 1.59 bits per heavy atom. The first-order valence-electron chi connectivity index (χ1n) is 11.0. The van der Waals surface area contributed by atoms with Gasteiger partial charge >= 0.3 is 0 Å². The monoisotopic (exact) mass is 474 g/mol. The largest absolute Gasteiger partial charge is 0.497 e. The number of hydrogen-bond donors (Lipinski definition) is 0. The van der Waals surface area contributed by atoms with Crippen LogP contribution >= 0.6 is 11.6 Å². The number of halogens is 1. The Labute approximate surface area is 201 Å². The van der Waals surface area contributed by atoms with Gasteiger partial charge in [-0.2, -0.15) is 9.78 Å². The van der Waals surface area contributed by atoms with E-state index in [1.165, 1.54) is 4.68 Å². The number of carbonyl (C=O) groups excluding carboxylic acids is 1. The Morgan fingerprint density at radius 3 is 2.32 bits per heavy atom. The molecule has 1 saturated heterocycles. The third-order valence-corrected chi connectivity index (χ3v) is 6.28. The highest BCUT2D eigenvalue weighted by molar-refractivity contribution is 6.30. The minimum Gasteiger partial charge on any atom is -0.497 e. The number of benzene rings is 3. The number of nitrogens with zero attached hydrogens (tertiary/aromatic N) is 4. The third kappa shape index (κ3) is 4.10. The van der Waals surface area contributed by atoms with Crippen LogP contribution in [0.5, 0.6) is 5.75 Å². The van der Waals surface area contributed by atoms with E-state index in [1.54, 1.807) is 54.5 Å². The molecule has 8 heteroatoms. The van der Waals surface area contributed by atoms with Gasteiger partial charge in [0.05, 0.1) is 18.2 Å². The van der Waals surface area contributed by atoms with Crippen LogP contribution in [0.1, 0.15) is 10.5 Å². The average molecular weight is 475 g/mol. The van der Waals surface area contributed by atoms with Crippen LogP contribution in [0.3, 0.4) is 0 Å². The first-order chi connectivity index (χ1) is 16.5. The molecule has 0 unspecified atom stereocenters. The minimum atomic E-state index is -0.286. The number of carbonyl (C=O) groups is 1. The first-order valence-corrected chi connectivity index (χ1v) is 11.4. The Morgan fingerprint density at radius 1 is 0.882 bits per heavy atom. The summed E-state index contributed by atoms with van der Waals surface area (Å²) in [5.41, 5.74) is 1.55. The first kappa shape index (κ1) is 22.0. The second-order valence-corrected chi connectivity index (χ2v) is 8.51. The molecular weight excluding hydrogens is 452 g/mol. The van der Waals surface area contributed by atoms with Crippen molar-refractivity contribution < 1.29 is 9.53 Å². The molecule has 1 aliphatic heterocycles. The highest BCUT2D eigenvalue weighted by Gasteiger charge is 2.26. The van der Waals surface area contributed by atoms with E-state index in [-0.39, 0.29) is 17.2 Å². The van der Waals surface area contributed by atoms with Gasteiger partial charge in [-0.25, -0.2) is 0 Å². The molecule has 34 heavy (non-hydrogen) atoms. The van der Waals surface area contributed by atoms with Crippen LogP contribution in [0, 0.1) is 0 Å². The number of hydrogen-bond acceptors (Lipinski definition) is 5. The molecular formula is C26H23ClN4O3. The summed E-state index contributed by atoms with van der Waals surface area (Å²) in [6, 6.07) is 21.9. The highest BCUT2D eigenvalue weighted by Crippen LogP contribution is 2.23. The van der Waals surface area contributed by atoms with Crippen LogP contribution in [0.15, 0.2) is 77.6 Å². The fraction of sp³-hybridized carbons (Fsp3) is 0.192. The van der Waals surface area contributed by atoms with E-state index in [0.717, 1.165) is 5.69 Å². The second-order valence-electron chi connectivity index (χ2n) is 8.07. The smallest absolute Gasteiger partial charge is 0.279 e. The number of fused-ring (bicyclic) bond motifs is 1. The summed E-state index contributed by atoms with van der Waals surface area (Å²) in [5, 5.41) is 6.22. The van der Waals surface area contributed by atoms with Crippen LogP contribution in [0.25, 0.3) is 16.5 Å². The predicted molar refractivity (Wildman–Crippen MR) is 133 cm³/mol. The molecule has 0 atom stereocenters. The number of anilines is 1. The van der Waals surface area contributed by atoms with E-state index in [4.69, 9.17) is 16.3 Å². The molecule has 0 aliphatic carbocycles.